The number of amides is 1. The molecule has 0 saturated carbocycles. The molecule has 3 nitrogen and oxygen atoms in total. The fraction of sp³-hybridized carbons (Fsp3) is 0.235. The first-order chi connectivity index (χ1) is 10.6. The van der Waals surface area contributed by atoms with Gasteiger partial charge in [0.25, 0.3) is 5.91 Å². The van der Waals surface area contributed by atoms with Gasteiger partial charge in [-0.25, -0.2) is 8.78 Å². The first kappa shape index (κ1) is 14.5. The molecule has 1 fully saturated rings. The molecular weight excluding hydrogens is 286 g/mol. The minimum atomic E-state index is -0.407. The Kier molecular flexibility index (Phi) is 4.04. The number of hydrogen-bond donors (Lipinski definition) is 0. The Bertz CT molecular complexity index is 665. The third kappa shape index (κ3) is 3.08. The number of rotatable bonds is 2. The average Bonchev–Trinajstić information content (AvgIpc) is 2.55. The Morgan fingerprint density at radius 1 is 0.864 bits per heavy atom. The van der Waals surface area contributed by atoms with Crippen molar-refractivity contribution in [3.05, 3.63) is 65.7 Å². The SMILES string of the molecule is O=C(c1cccc(F)c1)N1CCN(c2ccc(F)cc2)CC1. The molecule has 5 heteroatoms. The van der Waals surface area contributed by atoms with Gasteiger partial charge in [-0.3, -0.25) is 4.79 Å². The Morgan fingerprint density at radius 2 is 1.55 bits per heavy atom. The monoisotopic (exact) mass is 302 g/mol. The second-order valence-corrected chi connectivity index (χ2v) is 5.27. The number of benzene rings is 2. The van der Waals surface area contributed by atoms with Crippen LogP contribution in [0.25, 0.3) is 0 Å². The smallest absolute Gasteiger partial charge is 0.254 e. The number of piperazine rings is 1. The molecule has 1 aliphatic rings. The lowest BCUT2D eigenvalue weighted by Crippen LogP contribution is -2.48. The van der Waals surface area contributed by atoms with E-state index in [1.165, 1.54) is 30.3 Å². The number of hydrogen-bond acceptors (Lipinski definition) is 2. The van der Waals surface area contributed by atoms with Crippen LogP contribution in [-0.2, 0) is 0 Å². The van der Waals surface area contributed by atoms with Crippen LogP contribution in [0.4, 0.5) is 14.5 Å². The minimum absolute atomic E-state index is 0.154. The van der Waals surface area contributed by atoms with Crippen molar-refractivity contribution >= 4 is 11.6 Å². The van der Waals surface area contributed by atoms with Gasteiger partial charge < -0.3 is 9.80 Å². The summed E-state index contributed by atoms with van der Waals surface area (Å²) in [6.07, 6.45) is 0. The third-order valence-electron chi connectivity index (χ3n) is 3.83. The molecule has 0 radical (unpaired) electrons. The van der Waals surface area contributed by atoms with Crippen molar-refractivity contribution in [2.45, 2.75) is 0 Å². The molecule has 1 heterocycles. The van der Waals surface area contributed by atoms with Crippen LogP contribution >= 0.6 is 0 Å². The molecule has 0 aromatic heterocycles. The van der Waals surface area contributed by atoms with Gasteiger partial charge in [-0.2, -0.15) is 0 Å². The van der Waals surface area contributed by atoms with Crippen LogP contribution in [0.1, 0.15) is 10.4 Å². The highest BCUT2D eigenvalue weighted by Gasteiger charge is 2.22. The number of anilines is 1. The molecule has 1 saturated heterocycles. The summed E-state index contributed by atoms with van der Waals surface area (Å²) in [4.78, 5) is 16.2. The average molecular weight is 302 g/mol. The molecule has 0 bridgehead atoms. The molecule has 3 rings (SSSR count). The summed E-state index contributed by atoms with van der Waals surface area (Å²) in [5, 5.41) is 0. The van der Waals surface area contributed by atoms with Crippen molar-refractivity contribution in [1.82, 2.24) is 4.90 Å². The summed E-state index contributed by atoms with van der Waals surface area (Å²) in [5.74, 6) is -0.822. The molecule has 0 aliphatic carbocycles. The van der Waals surface area contributed by atoms with Gasteiger partial charge in [-0.15, -0.1) is 0 Å². The predicted molar refractivity (Wildman–Crippen MR) is 80.9 cm³/mol. The highest BCUT2D eigenvalue weighted by Crippen LogP contribution is 2.18. The van der Waals surface area contributed by atoms with Crippen LogP contribution in [0.15, 0.2) is 48.5 Å². The van der Waals surface area contributed by atoms with Gasteiger partial charge in [-0.05, 0) is 42.5 Å². The van der Waals surface area contributed by atoms with Gasteiger partial charge in [0, 0.05) is 37.4 Å². The molecule has 0 spiro atoms. The van der Waals surface area contributed by atoms with E-state index in [2.05, 4.69) is 4.90 Å². The zero-order valence-corrected chi connectivity index (χ0v) is 12.0. The van der Waals surface area contributed by atoms with E-state index in [4.69, 9.17) is 0 Å². The van der Waals surface area contributed by atoms with Crippen LogP contribution in [0.2, 0.25) is 0 Å². The summed E-state index contributed by atoms with van der Waals surface area (Å²) in [7, 11) is 0. The van der Waals surface area contributed by atoms with Crippen LogP contribution in [0, 0.1) is 11.6 Å². The van der Waals surface area contributed by atoms with Gasteiger partial charge >= 0.3 is 0 Å². The summed E-state index contributed by atoms with van der Waals surface area (Å²) >= 11 is 0. The molecule has 0 unspecified atom stereocenters. The Balaban J connectivity index is 1.64. The van der Waals surface area contributed by atoms with Crippen LogP contribution in [0.5, 0.6) is 0 Å². The Labute approximate surface area is 127 Å². The topological polar surface area (TPSA) is 23.6 Å². The van der Waals surface area contributed by atoms with Crippen molar-refractivity contribution in [1.29, 1.82) is 0 Å². The normalized spacial score (nSPS) is 15.0. The fourth-order valence-corrected chi connectivity index (χ4v) is 2.62. The van der Waals surface area contributed by atoms with Crippen molar-refractivity contribution in [3.8, 4) is 0 Å². The van der Waals surface area contributed by atoms with Crippen LogP contribution < -0.4 is 4.90 Å². The summed E-state index contributed by atoms with van der Waals surface area (Å²) in [6, 6.07) is 12.1. The second kappa shape index (κ2) is 6.13. The lowest BCUT2D eigenvalue weighted by Gasteiger charge is -2.36. The van der Waals surface area contributed by atoms with E-state index in [1.807, 2.05) is 0 Å². The predicted octanol–water partition coefficient (Wildman–Crippen LogP) is 2.93. The highest BCUT2D eigenvalue weighted by molar-refractivity contribution is 5.94. The van der Waals surface area contributed by atoms with E-state index in [1.54, 1.807) is 23.1 Å². The van der Waals surface area contributed by atoms with Crippen molar-refractivity contribution in [2.75, 3.05) is 31.1 Å². The maximum absolute atomic E-state index is 13.2. The molecule has 0 atom stereocenters. The van der Waals surface area contributed by atoms with Gasteiger partial charge in [0.15, 0.2) is 0 Å². The summed E-state index contributed by atoms with van der Waals surface area (Å²) < 4.78 is 26.1. The quantitative estimate of drug-likeness (QED) is 0.851. The zero-order valence-electron chi connectivity index (χ0n) is 12.0. The molecule has 2 aromatic rings. The second-order valence-electron chi connectivity index (χ2n) is 5.27. The molecule has 1 amide bonds. The van der Waals surface area contributed by atoms with E-state index < -0.39 is 5.82 Å². The number of halogens is 2. The molecule has 1 aliphatic heterocycles. The molecular formula is C17H16F2N2O. The van der Waals surface area contributed by atoms with Gasteiger partial charge in [0.1, 0.15) is 11.6 Å². The number of carbonyl (C=O) groups is 1. The third-order valence-corrected chi connectivity index (χ3v) is 3.83. The largest absolute Gasteiger partial charge is 0.368 e. The summed E-state index contributed by atoms with van der Waals surface area (Å²) in [6.45, 7) is 2.47. The van der Waals surface area contributed by atoms with Crippen LogP contribution in [-0.4, -0.2) is 37.0 Å². The van der Waals surface area contributed by atoms with Crippen molar-refractivity contribution in [3.63, 3.8) is 0 Å². The molecule has 0 N–H and O–H groups in total. The highest BCUT2D eigenvalue weighted by atomic mass is 19.1. The van der Waals surface area contributed by atoms with E-state index in [0.29, 0.717) is 31.7 Å². The first-order valence-corrected chi connectivity index (χ1v) is 7.19. The van der Waals surface area contributed by atoms with Crippen LogP contribution in [0.3, 0.4) is 0 Å². The molecule has 114 valence electrons. The zero-order chi connectivity index (χ0) is 15.5. The van der Waals surface area contributed by atoms with E-state index in [9.17, 15) is 13.6 Å². The standard InChI is InChI=1S/C17H16F2N2O/c18-14-4-6-16(7-5-14)20-8-10-21(11-9-20)17(22)13-2-1-3-15(19)12-13/h1-7,12H,8-11H2. The fourth-order valence-electron chi connectivity index (χ4n) is 2.62. The van der Waals surface area contributed by atoms with E-state index in [-0.39, 0.29) is 11.7 Å². The molecule has 2 aromatic carbocycles. The van der Waals surface area contributed by atoms with E-state index in [0.717, 1.165) is 5.69 Å². The maximum Gasteiger partial charge on any atom is 0.254 e. The lowest BCUT2D eigenvalue weighted by atomic mass is 10.1. The van der Waals surface area contributed by atoms with E-state index >= 15 is 0 Å². The Hall–Kier alpha value is -2.43. The maximum atomic E-state index is 13.2. The summed E-state index contributed by atoms with van der Waals surface area (Å²) in [5.41, 5.74) is 1.31. The van der Waals surface area contributed by atoms with Gasteiger partial charge in [0.05, 0.1) is 0 Å². The number of carbonyl (C=O) groups excluding carboxylic acids is 1. The van der Waals surface area contributed by atoms with Crippen molar-refractivity contribution < 1.29 is 13.6 Å². The van der Waals surface area contributed by atoms with Gasteiger partial charge in [-0.1, -0.05) is 6.07 Å². The van der Waals surface area contributed by atoms with Gasteiger partial charge in [0.2, 0.25) is 0 Å². The Morgan fingerprint density at radius 3 is 2.18 bits per heavy atom. The lowest BCUT2D eigenvalue weighted by molar-refractivity contribution is 0.0746. The minimum Gasteiger partial charge on any atom is -0.368 e. The van der Waals surface area contributed by atoms with Crippen molar-refractivity contribution in [2.24, 2.45) is 0 Å². The molecule has 22 heavy (non-hydrogen) atoms. The first-order valence-electron chi connectivity index (χ1n) is 7.19. The number of nitrogens with zero attached hydrogens (tertiary/aromatic N) is 2.